The summed E-state index contributed by atoms with van der Waals surface area (Å²) in [6, 6.07) is 5.87. The zero-order chi connectivity index (χ0) is 12.3. The minimum absolute atomic E-state index is 0.218. The first kappa shape index (κ1) is 12.2. The normalized spacial score (nSPS) is 21.2. The molecule has 1 saturated heterocycles. The van der Waals surface area contributed by atoms with Crippen LogP contribution in [0.25, 0.3) is 0 Å². The van der Waals surface area contributed by atoms with E-state index in [1.807, 2.05) is 0 Å². The molecule has 0 spiro atoms. The number of ether oxygens (including phenoxy) is 2. The molecule has 1 atom stereocenters. The number of benzene rings is 1. The Morgan fingerprint density at radius 1 is 1.35 bits per heavy atom. The quantitative estimate of drug-likeness (QED) is 0.869. The fourth-order valence-corrected chi connectivity index (χ4v) is 1.69. The number of hydrogen-bond donors (Lipinski definition) is 1. The molecule has 1 aliphatic heterocycles. The van der Waals surface area contributed by atoms with Gasteiger partial charge in [0.2, 0.25) is 0 Å². The van der Waals surface area contributed by atoms with Gasteiger partial charge in [-0.15, -0.1) is 13.2 Å². The zero-order valence-corrected chi connectivity index (χ0v) is 8.96. The van der Waals surface area contributed by atoms with E-state index < -0.39 is 6.36 Å². The monoisotopic (exact) mass is 247 g/mol. The van der Waals surface area contributed by atoms with Gasteiger partial charge in [0.1, 0.15) is 5.75 Å². The lowest BCUT2D eigenvalue weighted by molar-refractivity contribution is -0.274. The minimum atomic E-state index is -4.66. The number of halogens is 3. The molecule has 94 valence electrons. The second-order valence-corrected chi connectivity index (χ2v) is 3.68. The molecule has 0 aromatic heterocycles. The Morgan fingerprint density at radius 3 is 2.82 bits per heavy atom. The minimum Gasteiger partial charge on any atom is -0.406 e. The summed E-state index contributed by atoms with van der Waals surface area (Å²) in [6.07, 6.45) is -4.88. The molecule has 1 heterocycles. The molecule has 1 fully saturated rings. The summed E-state index contributed by atoms with van der Waals surface area (Å²) in [5.41, 5.74) is 0.680. The summed E-state index contributed by atoms with van der Waals surface area (Å²) in [5.74, 6) is -0.218. The van der Waals surface area contributed by atoms with Crippen LogP contribution in [-0.4, -0.2) is 26.1 Å². The number of rotatable bonds is 2. The van der Waals surface area contributed by atoms with E-state index in [2.05, 4.69) is 10.1 Å². The first-order valence-electron chi connectivity index (χ1n) is 5.22. The Balaban J connectivity index is 2.10. The molecular formula is C11H12F3NO2. The van der Waals surface area contributed by atoms with Crippen molar-refractivity contribution >= 4 is 0 Å². The summed E-state index contributed by atoms with van der Waals surface area (Å²) in [4.78, 5) is 0. The summed E-state index contributed by atoms with van der Waals surface area (Å²) in [5, 5.41) is 3.11. The molecule has 1 N–H and O–H groups in total. The number of nitrogens with one attached hydrogen (secondary N) is 1. The van der Waals surface area contributed by atoms with Crippen LogP contribution in [0.4, 0.5) is 13.2 Å². The van der Waals surface area contributed by atoms with Crippen LogP contribution >= 0.6 is 0 Å². The van der Waals surface area contributed by atoms with Crippen LogP contribution in [0.1, 0.15) is 11.7 Å². The van der Waals surface area contributed by atoms with Crippen molar-refractivity contribution in [2.45, 2.75) is 12.5 Å². The highest BCUT2D eigenvalue weighted by molar-refractivity contribution is 5.30. The molecule has 1 aliphatic rings. The van der Waals surface area contributed by atoms with E-state index in [4.69, 9.17) is 4.74 Å². The number of morpholine rings is 1. The van der Waals surface area contributed by atoms with Crippen molar-refractivity contribution in [2.24, 2.45) is 0 Å². The van der Waals surface area contributed by atoms with Gasteiger partial charge in [-0.05, 0) is 17.7 Å². The molecule has 17 heavy (non-hydrogen) atoms. The molecular weight excluding hydrogens is 235 g/mol. The third kappa shape index (κ3) is 3.61. The van der Waals surface area contributed by atoms with Gasteiger partial charge in [-0.25, -0.2) is 0 Å². The van der Waals surface area contributed by atoms with Crippen LogP contribution in [0, 0.1) is 0 Å². The van der Waals surface area contributed by atoms with Gasteiger partial charge in [0, 0.05) is 13.1 Å². The summed E-state index contributed by atoms with van der Waals surface area (Å²) in [7, 11) is 0. The lowest BCUT2D eigenvalue weighted by Gasteiger charge is -2.24. The molecule has 0 unspecified atom stereocenters. The summed E-state index contributed by atoms with van der Waals surface area (Å²) < 4.78 is 45.5. The molecule has 1 aromatic rings. The Bertz CT molecular complexity index is 375. The van der Waals surface area contributed by atoms with E-state index in [9.17, 15) is 13.2 Å². The molecule has 3 nitrogen and oxygen atoms in total. The van der Waals surface area contributed by atoms with Gasteiger partial charge in [-0.2, -0.15) is 0 Å². The Hall–Kier alpha value is -1.27. The van der Waals surface area contributed by atoms with Crippen LogP contribution < -0.4 is 10.1 Å². The molecule has 0 saturated carbocycles. The smallest absolute Gasteiger partial charge is 0.406 e. The lowest BCUT2D eigenvalue weighted by atomic mass is 10.1. The van der Waals surface area contributed by atoms with Crippen molar-refractivity contribution in [2.75, 3.05) is 19.7 Å². The first-order valence-corrected chi connectivity index (χ1v) is 5.22. The van der Waals surface area contributed by atoms with Crippen LogP contribution in [0.2, 0.25) is 0 Å². The predicted molar refractivity (Wildman–Crippen MR) is 54.7 cm³/mol. The number of alkyl halides is 3. The van der Waals surface area contributed by atoms with Crippen molar-refractivity contribution < 1.29 is 22.6 Å². The van der Waals surface area contributed by atoms with E-state index in [1.54, 1.807) is 6.07 Å². The van der Waals surface area contributed by atoms with Crippen molar-refractivity contribution in [3.63, 3.8) is 0 Å². The molecule has 0 amide bonds. The Kier molecular flexibility index (Phi) is 3.54. The van der Waals surface area contributed by atoms with Crippen molar-refractivity contribution in [1.82, 2.24) is 5.32 Å². The SMILES string of the molecule is FC(F)(F)Oc1cccc([C@H]2CNCCO2)c1. The summed E-state index contributed by atoms with van der Waals surface area (Å²) >= 11 is 0. The largest absolute Gasteiger partial charge is 0.573 e. The molecule has 0 radical (unpaired) electrons. The highest BCUT2D eigenvalue weighted by Crippen LogP contribution is 2.27. The molecule has 6 heteroatoms. The van der Waals surface area contributed by atoms with Gasteiger partial charge in [0.25, 0.3) is 0 Å². The average Bonchev–Trinajstić information content (AvgIpc) is 2.28. The fraction of sp³-hybridized carbons (Fsp3) is 0.455. The molecule has 0 aliphatic carbocycles. The van der Waals surface area contributed by atoms with Crippen molar-refractivity contribution in [3.8, 4) is 5.75 Å². The standard InChI is InChI=1S/C11H12F3NO2/c12-11(13,14)17-9-3-1-2-8(6-9)10-7-15-4-5-16-10/h1-3,6,10,15H,4-5,7H2/t10-/m1/s1. The van der Waals surface area contributed by atoms with Crippen LogP contribution in [0.5, 0.6) is 5.75 Å². The zero-order valence-electron chi connectivity index (χ0n) is 8.96. The highest BCUT2D eigenvalue weighted by atomic mass is 19.4. The first-order chi connectivity index (χ1) is 8.04. The predicted octanol–water partition coefficient (Wildman–Crippen LogP) is 2.25. The van der Waals surface area contributed by atoms with Gasteiger partial charge in [-0.3, -0.25) is 0 Å². The maximum Gasteiger partial charge on any atom is 0.573 e. The van der Waals surface area contributed by atoms with Gasteiger partial charge < -0.3 is 14.8 Å². The highest BCUT2D eigenvalue weighted by Gasteiger charge is 2.31. The maximum absolute atomic E-state index is 12.0. The van der Waals surface area contributed by atoms with E-state index in [0.717, 1.165) is 6.54 Å². The number of hydrogen-bond acceptors (Lipinski definition) is 3. The molecule has 0 bridgehead atoms. The van der Waals surface area contributed by atoms with Crippen molar-refractivity contribution in [1.29, 1.82) is 0 Å². The van der Waals surface area contributed by atoms with E-state index >= 15 is 0 Å². The Labute approximate surface area is 96.5 Å². The van der Waals surface area contributed by atoms with Gasteiger partial charge in [-0.1, -0.05) is 12.1 Å². The second-order valence-electron chi connectivity index (χ2n) is 3.68. The lowest BCUT2D eigenvalue weighted by Crippen LogP contribution is -2.33. The average molecular weight is 247 g/mol. The Morgan fingerprint density at radius 2 is 2.18 bits per heavy atom. The van der Waals surface area contributed by atoms with Crippen LogP contribution in [-0.2, 0) is 4.74 Å². The second kappa shape index (κ2) is 4.93. The van der Waals surface area contributed by atoms with Crippen molar-refractivity contribution in [3.05, 3.63) is 29.8 Å². The third-order valence-corrected chi connectivity index (χ3v) is 2.39. The molecule has 2 rings (SSSR count). The van der Waals surface area contributed by atoms with Crippen LogP contribution in [0.15, 0.2) is 24.3 Å². The fourth-order valence-electron chi connectivity index (χ4n) is 1.69. The van der Waals surface area contributed by atoms with E-state index in [0.29, 0.717) is 18.7 Å². The van der Waals surface area contributed by atoms with Crippen LogP contribution in [0.3, 0.4) is 0 Å². The van der Waals surface area contributed by atoms with Gasteiger partial charge >= 0.3 is 6.36 Å². The summed E-state index contributed by atoms with van der Waals surface area (Å²) in [6.45, 7) is 1.90. The van der Waals surface area contributed by atoms with Gasteiger partial charge in [0.15, 0.2) is 0 Å². The topological polar surface area (TPSA) is 30.5 Å². The van der Waals surface area contributed by atoms with Gasteiger partial charge in [0.05, 0.1) is 12.7 Å². The maximum atomic E-state index is 12.0. The van der Waals surface area contributed by atoms with E-state index in [1.165, 1.54) is 18.2 Å². The molecule has 1 aromatic carbocycles. The third-order valence-electron chi connectivity index (χ3n) is 2.39. The van der Waals surface area contributed by atoms with E-state index in [-0.39, 0.29) is 11.9 Å².